The molecule has 7 nitrogen and oxygen atoms in total. The van der Waals surface area contributed by atoms with Gasteiger partial charge in [0.15, 0.2) is 5.17 Å². The molecule has 0 aromatic heterocycles. The number of anilines is 2. The fraction of sp³-hybridized carbons (Fsp3) is 0.120. The van der Waals surface area contributed by atoms with Crippen LogP contribution in [-0.4, -0.2) is 28.6 Å². The Bertz CT molecular complexity index is 1260. The van der Waals surface area contributed by atoms with Crippen molar-refractivity contribution in [3.8, 4) is 0 Å². The monoisotopic (exact) mass is 458 g/mol. The zero-order valence-corrected chi connectivity index (χ0v) is 19.0. The van der Waals surface area contributed by atoms with E-state index in [1.165, 1.54) is 16.7 Å². The number of carbonyl (C=O) groups excluding carboxylic acids is 3. The minimum Gasteiger partial charge on any atom is -0.321 e. The Morgan fingerprint density at radius 3 is 2.42 bits per heavy atom. The largest absolute Gasteiger partial charge is 0.321 e. The highest BCUT2D eigenvalue weighted by molar-refractivity contribution is 8.15. The van der Waals surface area contributed by atoms with Gasteiger partial charge in [-0.05, 0) is 55.3 Å². The van der Waals surface area contributed by atoms with Gasteiger partial charge in [0.05, 0.1) is 22.7 Å². The Morgan fingerprint density at radius 2 is 1.64 bits per heavy atom. The van der Waals surface area contributed by atoms with Crippen molar-refractivity contribution in [2.75, 3.05) is 16.0 Å². The van der Waals surface area contributed by atoms with Crippen LogP contribution in [0.15, 0.2) is 77.9 Å². The van der Waals surface area contributed by atoms with E-state index in [0.29, 0.717) is 16.4 Å². The third kappa shape index (κ3) is 4.80. The lowest BCUT2D eigenvalue weighted by molar-refractivity contribution is -0.115. The number of rotatable bonds is 5. The highest BCUT2D eigenvalue weighted by Gasteiger charge is 2.31. The Kier molecular flexibility index (Phi) is 6.55. The Hall–Kier alpha value is -3.91. The number of carbonyl (C=O) groups is 3. The smallest absolute Gasteiger partial charge is 0.273 e. The number of para-hydroxylation sites is 1. The third-order valence-corrected chi connectivity index (χ3v) is 6.21. The van der Waals surface area contributed by atoms with Crippen LogP contribution < -0.4 is 15.6 Å². The molecule has 1 heterocycles. The van der Waals surface area contributed by atoms with Gasteiger partial charge in [-0.3, -0.25) is 19.3 Å². The van der Waals surface area contributed by atoms with Crippen LogP contribution in [-0.2, 0) is 4.79 Å². The van der Waals surface area contributed by atoms with Crippen LogP contribution in [0, 0.1) is 13.8 Å². The molecule has 0 atom stereocenters. The molecule has 2 N–H and O–H groups in total. The molecule has 1 aliphatic heterocycles. The normalized spacial score (nSPS) is 14.4. The summed E-state index contributed by atoms with van der Waals surface area (Å²) in [4.78, 5) is 39.5. The van der Waals surface area contributed by atoms with Gasteiger partial charge in [0.1, 0.15) is 0 Å². The lowest BCUT2D eigenvalue weighted by atomic mass is 10.1. The first-order valence-corrected chi connectivity index (χ1v) is 11.3. The number of aryl methyl sites for hydroxylation is 1. The maximum absolute atomic E-state index is 12.9. The topological polar surface area (TPSA) is 90.9 Å². The summed E-state index contributed by atoms with van der Waals surface area (Å²) in [5.74, 6) is -0.670. The Labute approximate surface area is 195 Å². The number of amides is 3. The van der Waals surface area contributed by atoms with Crippen LogP contribution in [0.1, 0.15) is 31.8 Å². The van der Waals surface area contributed by atoms with Gasteiger partial charge in [-0.1, -0.05) is 54.2 Å². The molecule has 4 rings (SSSR count). The molecule has 3 aromatic rings. The second-order valence-electron chi connectivity index (χ2n) is 7.44. The first kappa shape index (κ1) is 22.3. The summed E-state index contributed by atoms with van der Waals surface area (Å²) >= 11 is 1.26. The Morgan fingerprint density at radius 1 is 0.909 bits per heavy atom. The number of amidine groups is 1. The first-order valence-electron chi connectivity index (χ1n) is 10.3. The van der Waals surface area contributed by atoms with Gasteiger partial charge in [0.2, 0.25) is 5.91 Å². The molecule has 1 fully saturated rings. The molecule has 33 heavy (non-hydrogen) atoms. The lowest BCUT2D eigenvalue weighted by Gasteiger charge is -2.19. The van der Waals surface area contributed by atoms with Crippen molar-refractivity contribution in [3.63, 3.8) is 0 Å². The van der Waals surface area contributed by atoms with Crippen LogP contribution in [0.2, 0.25) is 0 Å². The summed E-state index contributed by atoms with van der Waals surface area (Å²) in [7, 11) is 0. The zero-order chi connectivity index (χ0) is 23.4. The molecule has 3 aromatic carbocycles. The number of thioether (sulfide) groups is 1. The average Bonchev–Trinajstić information content (AvgIpc) is 3.20. The van der Waals surface area contributed by atoms with Gasteiger partial charge in [-0.15, -0.1) is 5.10 Å². The molecule has 0 spiro atoms. The fourth-order valence-electron chi connectivity index (χ4n) is 3.39. The quantitative estimate of drug-likeness (QED) is 0.557. The van der Waals surface area contributed by atoms with Gasteiger partial charge in [-0.2, -0.15) is 0 Å². The SMILES string of the molecule is Cc1cccc(N2C(=O)CSC2=NNC(=O)c2ccccc2NC(=O)c2ccccc2)c1C. The standard InChI is InChI=1S/C25H22N4O3S/c1-16-9-8-14-21(17(16)2)29-22(30)15-33-25(29)28-27-24(32)19-12-6-7-13-20(19)26-23(31)18-10-4-3-5-11-18/h3-14H,15H2,1-2H3,(H,26,31)(H,27,32). The predicted molar refractivity (Wildman–Crippen MR) is 132 cm³/mol. The molecule has 0 bridgehead atoms. The van der Waals surface area contributed by atoms with Crippen molar-refractivity contribution in [3.05, 3.63) is 95.1 Å². The summed E-state index contributed by atoms with van der Waals surface area (Å²) in [6, 6.07) is 21.2. The third-order valence-electron chi connectivity index (χ3n) is 5.29. The van der Waals surface area contributed by atoms with Crippen LogP contribution in [0.4, 0.5) is 11.4 Å². The summed E-state index contributed by atoms with van der Waals surface area (Å²) in [5.41, 5.74) is 6.42. The number of hydrazone groups is 1. The second kappa shape index (κ2) is 9.70. The van der Waals surface area contributed by atoms with E-state index in [-0.39, 0.29) is 23.1 Å². The first-order chi connectivity index (χ1) is 16.0. The van der Waals surface area contributed by atoms with Gasteiger partial charge in [-0.25, -0.2) is 5.43 Å². The molecule has 8 heteroatoms. The molecule has 1 saturated heterocycles. The van der Waals surface area contributed by atoms with Gasteiger partial charge in [0, 0.05) is 5.56 Å². The molecule has 166 valence electrons. The van der Waals surface area contributed by atoms with Crippen molar-refractivity contribution >= 4 is 46.0 Å². The molecule has 1 aliphatic rings. The fourth-order valence-corrected chi connectivity index (χ4v) is 4.21. The lowest BCUT2D eigenvalue weighted by Crippen LogP contribution is -2.32. The number of benzene rings is 3. The van der Waals surface area contributed by atoms with E-state index in [1.54, 1.807) is 48.5 Å². The maximum Gasteiger partial charge on any atom is 0.273 e. The molecular formula is C25H22N4O3S. The molecule has 0 saturated carbocycles. The maximum atomic E-state index is 12.9. The average molecular weight is 459 g/mol. The molecule has 0 unspecified atom stereocenters. The summed E-state index contributed by atoms with van der Waals surface area (Å²) in [6.45, 7) is 3.93. The molecule has 0 aliphatic carbocycles. The van der Waals surface area contributed by atoms with E-state index in [9.17, 15) is 14.4 Å². The summed E-state index contributed by atoms with van der Waals surface area (Å²) < 4.78 is 0. The predicted octanol–water partition coefficient (Wildman–Crippen LogP) is 4.34. The van der Waals surface area contributed by atoms with Crippen LogP contribution in [0.25, 0.3) is 0 Å². The molecule has 0 radical (unpaired) electrons. The van der Waals surface area contributed by atoms with Crippen LogP contribution in [0.3, 0.4) is 0 Å². The zero-order valence-electron chi connectivity index (χ0n) is 18.2. The van der Waals surface area contributed by atoms with E-state index in [2.05, 4.69) is 15.8 Å². The van der Waals surface area contributed by atoms with Crippen molar-refractivity contribution in [2.24, 2.45) is 5.10 Å². The number of nitrogens with zero attached hydrogens (tertiary/aromatic N) is 2. The number of hydrogen-bond donors (Lipinski definition) is 2. The van der Waals surface area contributed by atoms with E-state index in [1.807, 2.05) is 38.1 Å². The van der Waals surface area contributed by atoms with Gasteiger partial charge in [0.25, 0.3) is 11.8 Å². The van der Waals surface area contributed by atoms with Crippen molar-refractivity contribution < 1.29 is 14.4 Å². The van der Waals surface area contributed by atoms with Gasteiger partial charge < -0.3 is 5.32 Å². The summed E-state index contributed by atoms with van der Waals surface area (Å²) in [6.07, 6.45) is 0. The number of hydrogen-bond acceptors (Lipinski definition) is 5. The second-order valence-corrected chi connectivity index (χ2v) is 8.38. The van der Waals surface area contributed by atoms with E-state index >= 15 is 0 Å². The molecule has 3 amide bonds. The number of nitrogens with one attached hydrogen (secondary N) is 2. The van der Waals surface area contributed by atoms with Gasteiger partial charge >= 0.3 is 0 Å². The highest BCUT2D eigenvalue weighted by Crippen LogP contribution is 2.30. The van der Waals surface area contributed by atoms with E-state index in [4.69, 9.17) is 0 Å². The molecular weight excluding hydrogens is 436 g/mol. The minimum absolute atomic E-state index is 0.0998. The highest BCUT2D eigenvalue weighted by atomic mass is 32.2. The van der Waals surface area contributed by atoms with Crippen LogP contribution in [0.5, 0.6) is 0 Å². The Balaban J connectivity index is 1.54. The van der Waals surface area contributed by atoms with E-state index in [0.717, 1.165) is 16.8 Å². The van der Waals surface area contributed by atoms with Crippen LogP contribution >= 0.6 is 11.8 Å². The van der Waals surface area contributed by atoms with Crippen molar-refractivity contribution in [1.29, 1.82) is 0 Å². The van der Waals surface area contributed by atoms with Crippen molar-refractivity contribution in [2.45, 2.75) is 13.8 Å². The minimum atomic E-state index is -0.493. The summed E-state index contributed by atoms with van der Waals surface area (Å²) in [5, 5.41) is 7.40. The van der Waals surface area contributed by atoms with Crippen molar-refractivity contribution in [1.82, 2.24) is 5.43 Å². The van der Waals surface area contributed by atoms with E-state index < -0.39 is 5.91 Å².